The highest BCUT2D eigenvalue weighted by atomic mass is 16.5. The van der Waals surface area contributed by atoms with Crippen LogP contribution in [0.15, 0.2) is 48.5 Å². The predicted octanol–water partition coefficient (Wildman–Crippen LogP) is 2.95. The number of carbonyl (C=O) groups excluding carboxylic acids is 3. The van der Waals surface area contributed by atoms with E-state index in [1.165, 1.54) is 0 Å². The number of nitrogens with zero attached hydrogens (tertiary/aromatic N) is 1. The van der Waals surface area contributed by atoms with Crippen molar-refractivity contribution in [2.45, 2.75) is 32.7 Å². The van der Waals surface area contributed by atoms with E-state index >= 15 is 0 Å². The SMILES string of the molecule is CC(C)NC(=O)C1CCN(C(=O)c2ccc(Oc3ccc(C(N)=O)cc3)cc2)CC1. The van der Waals surface area contributed by atoms with Gasteiger partial charge in [0.05, 0.1) is 0 Å². The van der Waals surface area contributed by atoms with Crippen molar-refractivity contribution in [1.29, 1.82) is 0 Å². The Labute approximate surface area is 176 Å². The summed E-state index contributed by atoms with van der Waals surface area (Å²) in [5.41, 5.74) is 6.22. The van der Waals surface area contributed by atoms with Gasteiger partial charge in [-0.3, -0.25) is 14.4 Å². The first-order valence-corrected chi connectivity index (χ1v) is 10.1. The molecule has 0 radical (unpaired) electrons. The fourth-order valence-corrected chi connectivity index (χ4v) is 3.42. The van der Waals surface area contributed by atoms with E-state index in [0.29, 0.717) is 48.6 Å². The molecule has 7 heteroatoms. The van der Waals surface area contributed by atoms with E-state index in [4.69, 9.17) is 10.5 Å². The summed E-state index contributed by atoms with van der Waals surface area (Å²) < 4.78 is 5.74. The number of nitrogens with one attached hydrogen (secondary N) is 1. The monoisotopic (exact) mass is 409 g/mol. The Balaban J connectivity index is 1.55. The molecule has 1 saturated heterocycles. The van der Waals surface area contributed by atoms with Crippen molar-refractivity contribution in [3.63, 3.8) is 0 Å². The summed E-state index contributed by atoms with van der Waals surface area (Å²) in [5, 5.41) is 2.94. The Hall–Kier alpha value is -3.35. The molecule has 3 N–H and O–H groups in total. The molecule has 0 aromatic heterocycles. The van der Waals surface area contributed by atoms with Crippen LogP contribution in [0, 0.1) is 5.92 Å². The fourth-order valence-electron chi connectivity index (χ4n) is 3.42. The van der Waals surface area contributed by atoms with Gasteiger partial charge in [0, 0.05) is 36.2 Å². The van der Waals surface area contributed by atoms with Gasteiger partial charge in [-0.1, -0.05) is 0 Å². The van der Waals surface area contributed by atoms with E-state index in [-0.39, 0.29) is 23.8 Å². The van der Waals surface area contributed by atoms with Crippen LogP contribution in [0.2, 0.25) is 0 Å². The van der Waals surface area contributed by atoms with Crippen molar-refractivity contribution >= 4 is 17.7 Å². The molecule has 7 nitrogen and oxygen atoms in total. The molecule has 3 amide bonds. The second-order valence-electron chi connectivity index (χ2n) is 7.74. The van der Waals surface area contributed by atoms with Gasteiger partial charge in [-0.2, -0.15) is 0 Å². The standard InChI is InChI=1S/C23H27N3O4/c1-15(2)25-22(28)17-11-13-26(14-12-17)23(29)18-5-9-20(10-6-18)30-19-7-3-16(4-8-19)21(24)27/h3-10,15,17H,11-14H2,1-2H3,(H2,24,27)(H,25,28). The molecule has 158 valence electrons. The Morgan fingerprint density at radius 3 is 1.90 bits per heavy atom. The molecule has 0 unspecified atom stereocenters. The van der Waals surface area contributed by atoms with Gasteiger partial charge >= 0.3 is 0 Å². The highest BCUT2D eigenvalue weighted by Crippen LogP contribution is 2.24. The highest BCUT2D eigenvalue weighted by Gasteiger charge is 2.28. The van der Waals surface area contributed by atoms with Gasteiger partial charge in [-0.15, -0.1) is 0 Å². The molecule has 2 aromatic carbocycles. The summed E-state index contributed by atoms with van der Waals surface area (Å²) in [6.07, 6.45) is 1.35. The molecule has 2 aromatic rings. The number of carbonyl (C=O) groups is 3. The number of piperidine rings is 1. The topological polar surface area (TPSA) is 102 Å². The molecule has 1 fully saturated rings. The van der Waals surface area contributed by atoms with Crippen LogP contribution in [0.3, 0.4) is 0 Å². The zero-order valence-corrected chi connectivity index (χ0v) is 17.3. The molecular weight excluding hydrogens is 382 g/mol. The van der Waals surface area contributed by atoms with E-state index in [1.807, 2.05) is 13.8 Å². The van der Waals surface area contributed by atoms with Crippen molar-refractivity contribution in [2.24, 2.45) is 11.7 Å². The van der Waals surface area contributed by atoms with Crippen LogP contribution in [-0.2, 0) is 4.79 Å². The molecule has 1 aliphatic rings. The van der Waals surface area contributed by atoms with Crippen molar-refractivity contribution in [2.75, 3.05) is 13.1 Å². The first-order valence-electron chi connectivity index (χ1n) is 10.1. The molecule has 0 bridgehead atoms. The van der Waals surface area contributed by atoms with Crippen LogP contribution in [0.5, 0.6) is 11.5 Å². The maximum Gasteiger partial charge on any atom is 0.253 e. The molecule has 3 rings (SSSR count). The molecule has 0 atom stereocenters. The number of likely N-dealkylation sites (tertiary alicyclic amines) is 1. The Morgan fingerprint density at radius 2 is 1.43 bits per heavy atom. The Morgan fingerprint density at radius 1 is 0.933 bits per heavy atom. The molecular formula is C23H27N3O4. The molecule has 1 heterocycles. The maximum absolute atomic E-state index is 12.8. The summed E-state index contributed by atoms with van der Waals surface area (Å²) in [4.78, 5) is 37.8. The average Bonchev–Trinajstić information content (AvgIpc) is 2.74. The third kappa shape index (κ3) is 5.37. The summed E-state index contributed by atoms with van der Waals surface area (Å²) in [6, 6.07) is 13.6. The first-order chi connectivity index (χ1) is 14.3. The van der Waals surface area contributed by atoms with E-state index in [0.717, 1.165) is 0 Å². The van der Waals surface area contributed by atoms with E-state index in [2.05, 4.69) is 5.32 Å². The largest absolute Gasteiger partial charge is 0.457 e. The lowest BCUT2D eigenvalue weighted by molar-refractivity contribution is -0.126. The zero-order valence-electron chi connectivity index (χ0n) is 17.3. The van der Waals surface area contributed by atoms with Gasteiger partial charge in [0.2, 0.25) is 11.8 Å². The van der Waals surface area contributed by atoms with Crippen LogP contribution in [0.4, 0.5) is 0 Å². The number of rotatable bonds is 6. The van der Waals surface area contributed by atoms with Crippen molar-refractivity contribution in [1.82, 2.24) is 10.2 Å². The van der Waals surface area contributed by atoms with Crippen LogP contribution in [0.25, 0.3) is 0 Å². The number of amides is 3. The molecule has 0 saturated carbocycles. The van der Waals surface area contributed by atoms with Gasteiger partial charge in [0.1, 0.15) is 11.5 Å². The van der Waals surface area contributed by atoms with Crippen LogP contribution in [0.1, 0.15) is 47.4 Å². The normalized spacial score (nSPS) is 14.4. The number of primary amides is 1. The summed E-state index contributed by atoms with van der Waals surface area (Å²) in [7, 11) is 0. The van der Waals surface area contributed by atoms with Gasteiger partial charge < -0.3 is 20.7 Å². The summed E-state index contributed by atoms with van der Waals surface area (Å²) in [5.74, 6) is 0.656. The van der Waals surface area contributed by atoms with E-state index in [1.54, 1.807) is 53.4 Å². The Bertz CT molecular complexity index is 899. The number of benzene rings is 2. The van der Waals surface area contributed by atoms with E-state index < -0.39 is 5.91 Å². The van der Waals surface area contributed by atoms with Gasteiger partial charge in [-0.25, -0.2) is 0 Å². The smallest absolute Gasteiger partial charge is 0.253 e. The number of ether oxygens (including phenoxy) is 1. The highest BCUT2D eigenvalue weighted by molar-refractivity contribution is 5.94. The quantitative estimate of drug-likeness (QED) is 0.766. The van der Waals surface area contributed by atoms with Gasteiger partial charge in [0.25, 0.3) is 5.91 Å². The fraction of sp³-hybridized carbons (Fsp3) is 0.348. The van der Waals surface area contributed by atoms with Gasteiger partial charge in [-0.05, 0) is 75.2 Å². The minimum absolute atomic E-state index is 0.0341. The maximum atomic E-state index is 12.8. The van der Waals surface area contributed by atoms with E-state index in [9.17, 15) is 14.4 Å². The molecule has 0 spiro atoms. The van der Waals surface area contributed by atoms with Gasteiger partial charge in [0.15, 0.2) is 0 Å². The lowest BCUT2D eigenvalue weighted by atomic mass is 9.95. The lowest BCUT2D eigenvalue weighted by Crippen LogP contribution is -2.44. The summed E-state index contributed by atoms with van der Waals surface area (Å²) in [6.45, 7) is 5.03. The average molecular weight is 409 g/mol. The molecule has 1 aliphatic heterocycles. The minimum atomic E-state index is -0.492. The van der Waals surface area contributed by atoms with Crippen molar-refractivity contribution in [3.05, 3.63) is 59.7 Å². The zero-order chi connectivity index (χ0) is 21.7. The number of hydrogen-bond donors (Lipinski definition) is 2. The van der Waals surface area contributed by atoms with Crippen LogP contribution in [-0.4, -0.2) is 41.8 Å². The van der Waals surface area contributed by atoms with Crippen molar-refractivity contribution in [3.8, 4) is 11.5 Å². The Kier molecular flexibility index (Phi) is 6.72. The first kappa shape index (κ1) is 21.4. The third-order valence-electron chi connectivity index (χ3n) is 5.06. The number of hydrogen-bond acceptors (Lipinski definition) is 4. The summed E-state index contributed by atoms with van der Waals surface area (Å²) >= 11 is 0. The second kappa shape index (κ2) is 9.43. The molecule has 30 heavy (non-hydrogen) atoms. The van der Waals surface area contributed by atoms with Crippen LogP contribution < -0.4 is 15.8 Å². The molecule has 0 aliphatic carbocycles. The minimum Gasteiger partial charge on any atom is -0.457 e. The lowest BCUT2D eigenvalue weighted by Gasteiger charge is -2.31. The van der Waals surface area contributed by atoms with Crippen molar-refractivity contribution < 1.29 is 19.1 Å². The predicted molar refractivity (Wildman–Crippen MR) is 113 cm³/mol. The number of nitrogens with two attached hydrogens (primary N) is 1. The second-order valence-corrected chi connectivity index (χ2v) is 7.74. The van der Waals surface area contributed by atoms with Crippen LogP contribution >= 0.6 is 0 Å². The third-order valence-corrected chi connectivity index (χ3v) is 5.06.